The van der Waals surface area contributed by atoms with E-state index < -0.39 is 53.9 Å². The van der Waals surface area contributed by atoms with Gasteiger partial charge in [0.2, 0.25) is 0 Å². The molecule has 0 spiro atoms. The van der Waals surface area contributed by atoms with Gasteiger partial charge in [-0.2, -0.15) is 31.6 Å². The first kappa shape index (κ1) is 31.2. The molecule has 0 amide bonds. The number of nitriles is 6. The van der Waals surface area contributed by atoms with Crippen molar-refractivity contribution >= 4 is 45.0 Å². The molecule has 2 aromatic heterocycles. The van der Waals surface area contributed by atoms with E-state index in [1.807, 2.05) is 12.1 Å². The highest BCUT2D eigenvalue weighted by atomic mass is 32.1. The van der Waals surface area contributed by atoms with Gasteiger partial charge in [0.05, 0.1) is 44.2 Å². The molecule has 0 radical (unpaired) electrons. The van der Waals surface area contributed by atoms with Gasteiger partial charge in [0.15, 0.2) is 23.3 Å². The minimum atomic E-state index is -1.44. The number of nitrogens with zero attached hydrogens (tertiary/aromatic N) is 6. The van der Waals surface area contributed by atoms with Crippen LogP contribution in [0.3, 0.4) is 0 Å². The number of halogens is 4. The molecule has 0 atom stereocenters. The van der Waals surface area contributed by atoms with Crippen LogP contribution < -0.4 is 0 Å². The van der Waals surface area contributed by atoms with Crippen LogP contribution in [0.1, 0.15) is 41.8 Å². The van der Waals surface area contributed by atoms with Crippen LogP contribution in [0.25, 0.3) is 22.3 Å². The number of benzene rings is 2. The van der Waals surface area contributed by atoms with Crippen molar-refractivity contribution in [2.24, 2.45) is 0 Å². The molecule has 224 valence electrons. The van der Waals surface area contributed by atoms with E-state index in [1.54, 1.807) is 48.5 Å². The topological polar surface area (TPSA) is 143 Å². The highest BCUT2D eigenvalue weighted by Crippen LogP contribution is 2.55. The zero-order valence-corrected chi connectivity index (χ0v) is 25.4. The van der Waals surface area contributed by atoms with Gasteiger partial charge in [0.25, 0.3) is 0 Å². The maximum atomic E-state index is 15.4. The van der Waals surface area contributed by atoms with Crippen molar-refractivity contribution in [2.75, 3.05) is 0 Å². The summed E-state index contributed by atoms with van der Waals surface area (Å²) in [4.78, 5) is -2.20. The Bertz CT molecular complexity index is 2390. The Morgan fingerprint density at radius 2 is 0.875 bits per heavy atom. The minimum Gasteiger partial charge on any atom is -0.202 e. The lowest BCUT2D eigenvalue weighted by atomic mass is 9.87. The molecule has 0 bridgehead atoms. The molecule has 12 heteroatoms. The average molecular weight is 667 g/mol. The number of allylic oxidation sites excluding steroid dienone is 10. The smallest absolute Gasteiger partial charge is 0.188 e. The van der Waals surface area contributed by atoms with Crippen molar-refractivity contribution in [3.05, 3.63) is 148 Å². The summed E-state index contributed by atoms with van der Waals surface area (Å²) in [6.45, 7) is 0. The van der Waals surface area contributed by atoms with Crippen LogP contribution in [0.4, 0.5) is 17.6 Å². The summed E-state index contributed by atoms with van der Waals surface area (Å²) in [5, 5.41) is 59.6. The van der Waals surface area contributed by atoms with E-state index in [0.29, 0.717) is 22.7 Å². The van der Waals surface area contributed by atoms with Gasteiger partial charge in [-0.25, -0.2) is 17.6 Å². The monoisotopic (exact) mass is 666 g/mol. The van der Waals surface area contributed by atoms with Crippen molar-refractivity contribution < 1.29 is 17.6 Å². The fourth-order valence-corrected chi connectivity index (χ4v) is 7.29. The van der Waals surface area contributed by atoms with Crippen molar-refractivity contribution in [3.8, 4) is 36.4 Å². The largest absolute Gasteiger partial charge is 0.202 e. The second-order valence-corrected chi connectivity index (χ2v) is 12.0. The van der Waals surface area contributed by atoms with Gasteiger partial charge in [-0.05, 0) is 46.6 Å². The van der Waals surface area contributed by atoms with Gasteiger partial charge in [0, 0.05) is 22.3 Å². The molecule has 6 nitrogen and oxygen atoms in total. The van der Waals surface area contributed by atoms with Crippen molar-refractivity contribution in [1.29, 1.82) is 31.6 Å². The predicted molar refractivity (Wildman–Crippen MR) is 168 cm³/mol. The maximum Gasteiger partial charge on any atom is 0.188 e. The summed E-state index contributed by atoms with van der Waals surface area (Å²) in [7, 11) is 0. The summed E-state index contributed by atoms with van der Waals surface area (Å²) in [5.74, 6) is -5.76. The third-order valence-corrected chi connectivity index (χ3v) is 9.72. The van der Waals surface area contributed by atoms with Crippen LogP contribution in [0.15, 0.2) is 83.0 Å². The molecule has 48 heavy (non-hydrogen) atoms. The zero-order chi connectivity index (χ0) is 34.3. The van der Waals surface area contributed by atoms with Crippen molar-refractivity contribution in [1.82, 2.24) is 0 Å². The maximum absolute atomic E-state index is 15.4. The molecule has 2 heterocycles. The Morgan fingerprint density at radius 3 is 1.19 bits per heavy atom. The lowest BCUT2D eigenvalue weighted by molar-refractivity contribution is 0.513. The Morgan fingerprint density at radius 1 is 0.500 bits per heavy atom. The molecular formula is C36H10F4N6S2. The minimum absolute atomic E-state index is 0.00890. The molecule has 0 aliphatic heterocycles. The molecule has 2 aliphatic carbocycles. The van der Waals surface area contributed by atoms with Crippen LogP contribution in [0.2, 0.25) is 0 Å². The summed E-state index contributed by atoms with van der Waals surface area (Å²) < 4.78 is 60.2. The molecule has 0 unspecified atom stereocenters. The van der Waals surface area contributed by atoms with Gasteiger partial charge in [-0.3, -0.25) is 0 Å². The highest BCUT2D eigenvalue weighted by molar-refractivity contribution is 7.14. The van der Waals surface area contributed by atoms with Crippen LogP contribution in [0.5, 0.6) is 0 Å². The summed E-state index contributed by atoms with van der Waals surface area (Å²) >= 11 is 0.826. The van der Waals surface area contributed by atoms with E-state index in [0.717, 1.165) is 0 Å². The second-order valence-electron chi connectivity index (χ2n) is 9.98. The zero-order valence-electron chi connectivity index (χ0n) is 23.8. The Labute approximate surface area is 277 Å². The summed E-state index contributed by atoms with van der Waals surface area (Å²) in [5.41, 5.74) is 0.788. The molecule has 0 N–H and O–H groups in total. The Hall–Kier alpha value is -6.80. The first-order valence-electron chi connectivity index (χ1n) is 13.5. The first-order valence-corrected chi connectivity index (χ1v) is 15.1. The number of rotatable bonds is 4. The Kier molecular flexibility index (Phi) is 7.92. The van der Waals surface area contributed by atoms with E-state index in [2.05, 4.69) is 12.1 Å². The first-order chi connectivity index (χ1) is 23.2. The van der Waals surface area contributed by atoms with Crippen LogP contribution in [-0.4, -0.2) is 0 Å². The van der Waals surface area contributed by atoms with Crippen molar-refractivity contribution in [2.45, 2.75) is 0 Å². The summed E-state index contributed by atoms with van der Waals surface area (Å²) in [6, 6.07) is 23.6. The van der Waals surface area contributed by atoms with E-state index in [-0.39, 0.29) is 55.7 Å². The third-order valence-electron chi connectivity index (χ3n) is 7.59. The van der Waals surface area contributed by atoms with E-state index in [4.69, 9.17) is 0 Å². The lowest BCUT2D eigenvalue weighted by Crippen LogP contribution is -1.98. The van der Waals surface area contributed by atoms with Crippen LogP contribution >= 0.6 is 22.7 Å². The molecule has 0 saturated carbocycles. The molecule has 0 saturated heterocycles. The van der Waals surface area contributed by atoms with Gasteiger partial charge in [-0.15, -0.1) is 22.7 Å². The number of hydrogen-bond acceptors (Lipinski definition) is 8. The van der Waals surface area contributed by atoms with Gasteiger partial charge in [-0.1, -0.05) is 36.4 Å². The van der Waals surface area contributed by atoms with Crippen LogP contribution in [0, 0.1) is 91.3 Å². The average Bonchev–Trinajstić information content (AvgIpc) is 3.83. The lowest BCUT2D eigenvalue weighted by Gasteiger charge is -2.15. The third kappa shape index (κ3) is 4.63. The van der Waals surface area contributed by atoms with Gasteiger partial charge >= 0.3 is 0 Å². The molecule has 4 aromatic rings. The SMILES string of the molecule is N#C/C(=C1\C(c2ccccc2C#N)=CC2=C1C=C(c1ccccc1C#N)/C2=C(\C#N)c1sc(C#N)c(F)c1F)c1sc(C#N)c(F)c1F. The normalized spacial score (nSPS) is 15.2. The number of hydrogen-bond donors (Lipinski definition) is 0. The van der Waals surface area contributed by atoms with Gasteiger partial charge in [0.1, 0.15) is 34.0 Å². The molecule has 2 aromatic carbocycles. The van der Waals surface area contributed by atoms with Crippen LogP contribution in [-0.2, 0) is 0 Å². The summed E-state index contributed by atoms with van der Waals surface area (Å²) in [6.07, 6.45) is 2.98. The van der Waals surface area contributed by atoms with E-state index in [9.17, 15) is 40.4 Å². The van der Waals surface area contributed by atoms with E-state index >= 15 is 8.78 Å². The quantitative estimate of drug-likeness (QED) is 0.158. The number of thiophene rings is 2. The molecule has 0 fully saturated rings. The van der Waals surface area contributed by atoms with Crippen molar-refractivity contribution in [3.63, 3.8) is 0 Å². The fraction of sp³-hybridized carbons (Fsp3) is 0. The van der Waals surface area contributed by atoms with E-state index in [1.165, 1.54) is 24.3 Å². The predicted octanol–water partition coefficient (Wildman–Crippen LogP) is 8.60. The fourth-order valence-electron chi connectivity index (χ4n) is 5.57. The molecular weight excluding hydrogens is 657 g/mol. The standard InChI is InChI=1S/C36H10F4N6S2/c37-31-27(15-45)47-35(33(31)39)25(13-43)29-21(19-7-3-1-5-17(19)11-41)9-23-24(29)10-22(20-8-4-2-6-18(20)12-42)30(23)26(14-44)36-34(40)32(38)28(16-46)48-36/h1-10H/b29-25-,30-26-. The Balaban J connectivity index is 1.80. The second kappa shape index (κ2) is 12.2. The van der Waals surface area contributed by atoms with Gasteiger partial charge < -0.3 is 0 Å². The molecule has 6 rings (SSSR count). The molecule has 2 aliphatic rings. The highest BCUT2D eigenvalue weighted by Gasteiger charge is 2.38.